The van der Waals surface area contributed by atoms with Gasteiger partial charge in [-0.05, 0) is 48.0 Å². The lowest BCUT2D eigenvalue weighted by Crippen LogP contribution is -2.17. The molecule has 0 fully saturated rings. The van der Waals surface area contributed by atoms with Crippen LogP contribution in [0.25, 0.3) is 0 Å². The number of nitrogens with one attached hydrogen (secondary N) is 1. The van der Waals surface area contributed by atoms with Gasteiger partial charge in [0.2, 0.25) is 0 Å². The zero-order valence-electron chi connectivity index (χ0n) is 14.2. The molecule has 0 unspecified atom stereocenters. The van der Waals surface area contributed by atoms with E-state index in [1.54, 1.807) is 30.3 Å². The van der Waals surface area contributed by atoms with Crippen LogP contribution in [0.1, 0.15) is 21.5 Å². The molecule has 0 aromatic heterocycles. The maximum atomic E-state index is 12.1. The van der Waals surface area contributed by atoms with Crippen LogP contribution in [-0.2, 0) is 6.61 Å². The Bertz CT molecular complexity index is 939. The molecule has 0 spiro atoms. The highest BCUT2D eigenvalue weighted by atomic mass is 35.5. The van der Waals surface area contributed by atoms with Crippen molar-refractivity contribution in [3.8, 4) is 5.75 Å². The molecule has 0 aliphatic heterocycles. The summed E-state index contributed by atoms with van der Waals surface area (Å²) in [5, 5.41) is 5.19. The van der Waals surface area contributed by atoms with Crippen LogP contribution in [0.4, 0.5) is 0 Å². The van der Waals surface area contributed by atoms with Crippen molar-refractivity contribution in [2.45, 2.75) is 6.61 Å². The molecule has 0 saturated carbocycles. The minimum absolute atomic E-state index is 0.317. The van der Waals surface area contributed by atoms with E-state index in [2.05, 4.69) is 10.5 Å². The number of hydrazone groups is 1. The van der Waals surface area contributed by atoms with Gasteiger partial charge in [0.25, 0.3) is 5.91 Å². The summed E-state index contributed by atoms with van der Waals surface area (Å²) in [6.07, 6.45) is 1.50. The summed E-state index contributed by atoms with van der Waals surface area (Å²) >= 11 is 11.9. The third kappa shape index (κ3) is 5.58. The molecule has 4 nitrogen and oxygen atoms in total. The quantitative estimate of drug-likeness (QED) is 0.450. The molecule has 0 radical (unpaired) electrons. The van der Waals surface area contributed by atoms with Crippen LogP contribution in [0.3, 0.4) is 0 Å². The number of amides is 1. The van der Waals surface area contributed by atoms with Crippen molar-refractivity contribution in [3.63, 3.8) is 0 Å². The Balaban J connectivity index is 1.54. The van der Waals surface area contributed by atoms with E-state index in [9.17, 15) is 4.79 Å². The molecular weight excluding hydrogens is 383 g/mol. The second-order valence-electron chi connectivity index (χ2n) is 5.66. The minimum Gasteiger partial charge on any atom is -0.489 e. The van der Waals surface area contributed by atoms with Crippen molar-refractivity contribution in [2.75, 3.05) is 0 Å². The molecule has 0 heterocycles. The third-order valence-electron chi connectivity index (χ3n) is 3.71. The second-order valence-corrected chi connectivity index (χ2v) is 6.50. The number of hydrogen-bond acceptors (Lipinski definition) is 3. The lowest BCUT2D eigenvalue weighted by molar-refractivity contribution is 0.0955. The van der Waals surface area contributed by atoms with Gasteiger partial charge in [-0.3, -0.25) is 4.79 Å². The van der Waals surface area contributed by atoms with Crippen molar-refractivity contribution >= 4 is 35.3 Å². The lowest BCUT2D eigenvalue weighted by atomic mass is 10.2. The number of ether oxygens (including phenoxy) is 1. The number of hydrogen-bond donors (Lipinski definition) is 1. The van der Waals surface area contributed by atoms with Gasteiger partial charge in [-0.1, -0.05) is 53.5 Å². The first-order chi connectivity index (χ1) is 13.1. The van der Waals surface area contributed by atoms with E-state index in [4.69, 9.17) is 27.9 Å². The highest BCUT2D eigenvalue weighted by Crippen LogP contribution is 2.16. The van der Waals surface area contributed by atoms with Gasteiger partial charge in [-0.15, -0.1) is 0 Å². The first-order valence-corrected chi connectivity index (χ1v) is 8.92. The smallest absolute Gasteiger partial charge is 0.271 e. The number of rotatable bonds is 6. The zero-order valence-corrected chi connectivity index (χ0v) is 15.7. The van der Waals surface area contributed by atoms with E-state index in [1.807, 2.05) is 42.5 Å². The Hall–Kier alpha value is -2.82. The Morgan fingerprint density at radius 2 is 1.67 bits per heavy atom. The molecule has 3 aromatic carbocycles. The predicted octanol–water partition coefficient (Wildman–Crippen LogP) is 5.34. The van der Waals surface area contributed by atoms with Crippen LogP contribution in [0, 0.1) is 0 Å². The normalized spacial score (nSPS) is 10.7. The van der Waals surface area contributed by atoms with Gasteiger partial charge in [0.1, 0.15) is 12.4 Å². The van der Waals surface area contributed by atoms with Gasteiger partial charge in [0.15, 0.2) is 0 Å². The van der Waals surface area contributed by atoms with Crippen molar-refractivity contribution in [1.29, 1.82) is 0 Å². The summed E-state index contributed by atoms with van der Waals surface area (Å²) in [6, 6.07) is 21.5. The molecule has 0 aliphatic rings. The fourth-order valence-corrected chi connectivity index (χ4v) is 2.57. The summed E-state index contributed by atoms with van der Waals surface area (Å²) in [4.78, 5) is 12.1. The SMILES string of the molecule is O=C(NN=Cc1ccccc1Cl)c1ccc(OCc2ccc(Cl)cc2)cc1. The standard InChI is InChI=1S/C21H16Cl2N2O2/c22-18-9-5-15(6-10-18)14-27-19-11-7-16(8-12-19)21(26)25-24-13-17-3-1-2-4-20(17)23/h1-13H,14H2,(H,25,26). The number of carbonyl (C=O) groups excluding carboxylic acids is 1. The largest absolute Gasteiger partial charge is 0.489 e. The van der Waals surface area contributed by atoms with Crippen molar-refractivity contribution in [3.05, 3.63) is 99.5 Å². The van der Waals surface area contributed by atoms with Crippen LogP contribution >= 0.6 is 23.2 Å². The van der Waals surface area contributed by atoms with Gasteiger partial charge in [-0.25, -0.2) is 5.43 Å². The molecule has 1 N–H and O–H groups in total. The van der Waals surface area contributed by atoms with E-state index in [0.717, 1.165) is 11.1 Å². The van der Waals surface area contributed by atoms with Crippen molar-refractivity contribution < 1.29 is 9.53 Å². The van der Waals surface area contributed by atoms with E-state index < -0.39 is 0 Å². The number of benzene rings is 3. The molecule has 0 aliphatic carbocycles. The minimum atomic E-state index is -0.317. The fraction of sp³-hybridized carbons (Fsp3) is 0.0476. The van der Waals surface area contributed by atoms with Crippen molar-refractivity contribution in [2.24, 2.45) is 5.10 Å². The second kappa shape index (κ2) is 9.21. The molecule has 136 valence electrons. The first kappa shape index (κ1) is 19.0. The molecule has 3 rings (SSSR count). The van der Waals surface area contributed by atoms with Gasteiger partial charge in [0.05, 0.1) is 6.21 Å². The summed E-state index contributed by atoms with van der Waals surface area (Å²) in [5.74, 6) is 0.351. The fourth-order valence-electron chi connectivity index (χ4n) is 2.25. The zero-order chi connectivity index (χ0) is 19.1. The molecule has 1 amide bonds. The van der Waals surface area contributed by atoms with Gasteiger partial charge >= 0.3 is 0 Å². The summed E-state index contributed by atoms with van der Waals surface area (Å²) < 4.78 is 5.70. The van der Waals surface area contributed by atoms with Crippen molar-refractivity contribution in [1.82, 2.24) is 5.43 Å². The Labute approximate surface area is 167 Å². The molecule has 0 atom stereocenters. The van der Waals surface area contributed by atoms with E-state index in [-0.39, 0.29) is 5.91 Å². The number of halogens is 2. The lowest BCUT2D eigenvalue weighted by Gasteiger charge is -2.07. The van der Waals surface area contributed by atoms with Crippen LogP contribution in [-0.4, -0.2) is 12.1 Å². The maximum absolute atomic E-state index is 12.1. The molecule has 27 heavy (non-hydrogen) atoms. The molecule has 3 aromatic rings. The summed E-state index contributed by atoms with van der Waals surface area (Å²) in [5.41, 5.74) is 4.69. The topological polar surface area (TPSA) is 50.7 Å². The van der Waals surface area contributed by atoms with Gasteiger partial charge < -0.3 is 4.74 Å². The van der Waals surface area contributed by atoms with Gasteiger partial charge in [0, 0.05) is 21.2 Å². The van der Waals surface area contributed by atoms with Crippen LogP contribution in [0.15, 0.2) is 77.9 Å². The molecule has 0 bridgehead atoms. The average Bonchev–Trinajstić information content (AvgIpc) is 2.69. The van der Waals surface area contributed by atoms with E-state index in [1.165, 1.54) is 6.21 Å². The highest BCUT2D eigenvalue weighted by Gasteiger charge is 2.05. The van der Waals surface area contributed by atoms with Crippen LogP contribution < -0.4 is 10.2 Å². The summed E-state index contributed by atoms with van der Waals surface area (Å²) in [7, 11) is 0. The predicted molar refractivity (Wildman–Crippen MR) is 109 cm³/mol. The van der Waals surface area contributed by atoms with E-state index in [0.29, 0.717) is 28.0 Å². The van der Waals surface area contributed by atoms with Crippen LogP contribution in [0.2, 0.25) is 10.0 Å². The van der Waals surface area contributed by atoms with E-state index >= 15 is 0 Å². The molecule has 0 saturated heterocycles. The number of nitrogens with zero attached hydrogens (tertiary/aromatic N) is 1. The van der Waals surface area contributed by atoms with Gasteiger partial charge in [-0.2, -0.15) is 5.10 Å². The third-order valence-corrected chi connectivity index (χ3v) is 4.31. The Morgan fingerprint density at radius 1 is 0.963 bits per heavy atom. The summed E-state index contributed by atoms with van der Waals surface area (Å²) in [6.45, 7) is 0.421. The highest BCUT2D eigenvalue weighted by molar-refractivity contribution is 6.33. The number of carbonyl (C=O) groups is 1. The average molecular weight is 399 g/mol. The Kier molecular flexibility index (Phi) is 6.47. The molecule has 6 heteroatoms. The molecular formula is C21H16Cl2N2O2. The Morgan fingerprint density at radius 3 is 2.37 bits per heavy atom. The first-order valence-electron chi connectivity index (χ1n) is 8.17. The maximum Gasteiger partial charge on any atom is 0.271 e. The monoisotopic (exact) mass is 398 g/mol. The van der Waals surface area contributed by atoms with Crippen LogP contribution in [0.5, 0.6) is 5.75 Å².